The molecule has 2 N–H and O–H groups in total. The van der Waals surface area contributed by atoms with Crippen LogP contribution in [0.4, 0.5) is 17.1 Å². The second kappa shape index (κ2) is 7.26. The monoisotopic (exact) mass is 350 g/mol. The lowest BCUT2D eigenvalue weighted by molar-refractivity contribution is -0.384. The van der Waals surface area contributed by atoms with Crippen LogP contribution in [0.3, 0.4) is 0 Å². The minimum atomic E-state index is -3.49. The highest BCUT2D eigenvalue weighted by molar-refractivity contribution is 7.90. The Morgan fingerprint density at radius 2 is 1.88 bits per heavy atom. The lowest BCUT2D eigenvalue weighted by Crippen LogP contribution is -2.14. The Labute approximate surface area is 140 Å². The van der Waals surface area contributed by atoms with E-state index in [2.05, 4.69) is 15.6 Å². The summed E-state index contributed by atoms with van der Waals surface area (Å²) in [4.78, 5) is 14.6. The van der Waals surface area contributed by atoms with Gasteiger partial charge in [0.2, 0.25) is 0 Å². The van der Waals surface area contributed by atoms with Gasteiger partial charge in [0.15, 0.2) is 9.84 Å². The fraction of sp³-hybridized carbons (Fsp3) is 0.267. The van der Waals surface area contributed by atoms with E-state index < -0.39 is 14.8 Å². The number of aryl methyl sites for hydroxylation is 1. The molecule has 0 saturated heterocycles. The van der Waals surface area contributed by atoms with Gasteiger partial charge < -0.3 is 10.6 Å². The summed E-state index contributed by atoms with van der Waals surface area (Å²) in [5.41, 5.74) is 1.81. The van der Waals surface area contributed by atoms with Gasteiger partial charge in [-0.1, -0.05) is 0 Å². The highest BCUT2D eigenvalue weighted by Gasteiger charge is 2.18. The Kier molecular flexibility index (Phi) is 5.35. The Balaban J connectivity index is 2.03. The summed E-state index contributed by atoms with van der Waals surface area (Å²) in [6.07, 6.45) is 2.71. The van der Waals surface area contributed by atoms with E-state index in [0.29, 0.717) is 13.1 Å². The van der Waals surface area contributed by atoms with Crippen molar-refractivity contribution in [2.75, 3.05) is 30.0 Å². The van der Waals surface area contributed by atoms with Crippen molar-refractivity contribution < 1.29 is 13.3 Å². The molecule has 24 heavy (non-hydrogen) atoms. The molecule has 2 rings (SSSR count). The topological polar surface area (TPSA) is 114 Å². The predicted molar refractivity (Wildman–Crippen MR) is 92.2 cm³/mol. The Hall–Kier alpha value is -2.68. The van der Waals surface area contributed by atoms with Gasteiger partial charge in [-0.2, -0.15) is 0 Å². The molecule has 1 aromatic heterocycles. The van der Waals surface area contributed by atoms with Crippen LogP contribution in [0.1, 0.15) is 5.69 Å². The normalized spacial score (nSPS) is 11.1. The maximum Gasteiger partial charge on any atom is 0.293 e. The van der Waals surface area contributed by atoms with Crippen LogP contribution >= 0.6 is 0 Å². The first-order valence-electron chi connectivity index (χ1n) is 7.16. The van der Waals surface area contributed by atoms with Crippen molar-refractivity contribution in [2.45, 2.75) is 11.8 Å². The van der Waals surface area contributed by atoms with Gasteiger partial charge in [0.25, 0.3) is 5.69 Å². The lowest BCUT2D eigenvalue weighted by atomic mass is 10.2. The summed E-state index contributed by atoms with van der Waals surface area (Å²) in [5.74, 6) is 0. The SMILES string of the molecule is Cc1cc(NCCNc2ccc(S(C)(=O)=O)cc2[N+](=O)[O-])ccn1. The second-order valence-corrected chi connectivity index (χ2v) is 7.26. The van der Waals surface area contributed by atoms with Gasteiger partial charge in [0, 0.05) is 43.0 Å². The van der Waals surface area contributed by atoms with Crippen molar-refractivity contribution in [1.29, 1.82) is 0 Å². The number of nitrogens with zero attached hydrogens (tertiary/aromatic N) is 2. The molecule has 0 aliphatic carbocycles. The molecule has 0 aliphatic heterocycles. The van der Waals surface area contributed by atoms with E-state index in [9.17, 15) is 18.5 Å². The Morgan fingerprint density at radius 3 is 2.50 bits per heavy atom. The van der Waals surface area contributed by atoms with Crippen LogP contribution < -0.4 is 10.6 Å². The third-order valence-corrected chi connectivity index (χ3v) is 4.37. The highest BCUT2D eigenvalue weighted by atomic mass is 32.2. The molecule has 0 fully saturated rings. The molecule has 128 valence electrons. The third-order valence-electron chi connectivity index (χ3n) is 3.26. The van der Waals surface area contributed by atoms with Gasteiger partial charge in [-0.25, -0.2) is 8.42 Å². The van der Waals surface area contributed by atoms with E-state index in [1.54, 1.807) is 6.20 Å². The van der Waals surface area contributed by atoms with Gasteiger partial charge in [0.1, 0.15) is 5.69 Å². The molecule has 9 heteroatoms. The molecule has 0 amide bonds. The van der Waals surface area contributed by atoms with Gasteiger partial charge in [-0.05, 0) is 31.2 Å². The minimum Gasteiger partial charge on any atom is -0.383 e. The lowest BCUT2D eigenvalue weighted by Gasteiger charge is -2.10. The number of hydrogen-bond donors (Lipinski definition) is 2. The van der Waals surface area contributed by atoms with Crippen molar-refractivity contribution in [2.24, 2.45) is 0 Å². The molecule has 0 radical (unpaired) electrons. The molecule has 1 aromatic carbocycles. The van der Waals surface area contributed by atoms with Crippen molar-refractivity contribution in [3.05, 3.63) is 52.3 Å². The quantitative estimate of drug-likeness (QED) is 0.447. The van der Waals surface area contributed by atoms with Gasteiger partial charge in [-0.15, -0.1) is 0 Å². The van der Waals surface area contributed by atoms with E-state index in [1.807, 2.05) is 19.1 Å². The number of hydrogen-bond acceptors (Lipinski definition) is 7. The zero-order chi connectivity index (χ0) is 17.7. The number of sulfone groups is 1. The van der Waals surface area contributed by atoms with Gasteiger partial charge in [-0.3, -0.25) is 15.1 Å². The van der Waals surface area contributed by atoms with Crippen LogP contribution in [-0.2, 0) is 9.84 Å². The zero-order valence-corrected chi connectivity index (χ0v) is 14.1. The summed E-state index contributed by atoms with van der Waals surface area (Å²) in [6, 6.07) is 7.55. The van der Waals surface area contributed by atoms with Crippen LogP contribution in [-0.4, -0.2) is 37.7 Å². The number of aromatic nitrogens is 1. The first-order chi connectivity index (χ1) is 11.3. The van der Waals surface area contributed by atoms with Crippen LogP contribution in [0, 0.1) is 17.0 Å². The molecular weight excluding hydrogens is 332 g/mol. The summed E-state index contributed by atoms with van der Waals surface area (Å²) >= 11 is 0. The van der Waals surface area contributed by atoms with Crippen molar-refractivity contribution in [3.63, 3.8) is 0 Å². The summed E-state index contributed by atoms with van der Waals surface area (Å²) in [5, 5.41) is 17.3. The molecule has 8 nitrogen and oxygen atoms in total. The average Bonchev–Trinajstić information content (AvgIpc) is 2.50. The molecule has 0 unspecified atom stereocenters. The fourth-order valence-corrected chi connectivity index (χ4v) is 2.74. The number of pyridine rings is 1. The van der Waals surface area contributed by atoms with Crippen LogP contribution in [0.25, 0.3) is 0 Å². The molecule has 1 heterocycles. The summed E-state index contributed by atoms with van der Waals surface area (Å²) in [7, 11) is -3.49. The highest BCUT2D eigenvalue weighted by Crippen LogP contribution is 2.27. The maximum atomic E-state index is 11.5. The van der Waals surface area contributed by atoms with Crippen LogP contribution in [0.2, 0.25) is 0 Å². The molecule has 2 aromatic rings. The largest absolute Gasteiger partial charge is 0.383 e. The van der Waals surface area contributed by atoms with Crippen molar-refractivity contribution in [1.82, 2.24) is 4.98 Å². The second-order valence-electron chi connectivity index (χ2n) is 5.25. The maximum absolute atomic E-state index is 11.5. The summed E-state index contributed by atoms with van der Waals surface area (Å²) in [6.45, 7) is 2.85. The zero-order valence-electron chi connectivity index (χ0n) is 13.3. The summed E-state index contributed by atoms with van der Waals surface area (Å²) < 4.78 is 23.0. The Bertz CT molecular complexity index is 852. The first-order valence-corrected chi connectivity index (χ1v) is 9.05. The number of nitrogens with one attached hydrogen (secondary N) is 2. The number of rotatable bonds is 7. The molecular formula is C15H18N4O4S. The number of nitro benzene ring substituents is 1. The van der Waals surface area contributed by atoms with Gasteiger partial charge >= 0.3 is 0 Å². The van der Waals surface area contributed by atoms with E-state index in [-0.39, 0.29) is 16.3 Å². The number of anilines is 2. The standard InChI is InChI=1S/C15H18N4O4S/c1-11-9-12(5-6-16-11)17-7-8-18-14-4-3-13(24(2,22)23)10-15(14)19(20)21/h3-6,9-10,18H,7-8H2,1-2H3,(H,16,17). The van der Waals surface area contributed by atoms with Crippen LogP contribution in [0.5, 0.6) is 0 Å². The van der Waals surface area contributed by atoms with Crippen molar-refractivity contribution in [3.8, 4) is 0 Å². The first kappa shape index (κ1) is 17.7. The van der Waals surface area contributed by atoms with E-state index in [0.717, 1.165) is 23.7 Å². The van der Waals surface area contributed by atoms with Crippen LogP contribution in [0.15, 0.2) is 41.4 Å². The molecule has 0 saturated carbocycles. The molecule has 0 atom stereocenters. The smallest absolute Gasteiger partial charge is 0.293 e. The number of benzene rings is 1. The third kappa shape index (κ3) is 4.66. The molecule has 0 spiro atoms. The predicted octanol–water partition coefficient (Wildman–Crippen LogP) is 2.23. The van der Waals surface area contributed by atoms with E-state index >= 15 is 0 Å². The Morgan fingerprint density at radius 1 is 1.17 bits per heavy atom. The average molecular weight is 350 g/mol. The van der Waals surface area contributed by atoms with E-state index in [1.165, 1.54) is 12.1 Å². The van der Waals surface area contributed by atoms with Crippen molar-refractivity contribution >= 4 is 26.9 Å². The molecule has 0 bridgehead atoms. The minimum absolute atomic E-state index is 0.0786. The fourth-order valence-electron chi connectivity index (χ4n) is 2.10. The number of nitro groups is 1. The van der Waals surface area contributed by atoms with Gasteiger partial charge in [0.05, 0.1) is 9.82 Å². The van der Waals surface area contributed by atoms with E-state index in [4.69, 9.17) is 0 Å². The molecule has 0 aliphatic rings.